The summed E-state index contributed by atoms with van der Waals surface area (Å²) in [7, 11) is 1.63. The maximum atomic E-state index is 12.3. The molecule has 7 heteroatoms. The van der Waals surface area contributed by atoms with Crippen LogP contribution in [0.3, 0.4) is 0 Å². The summed E-state index contributed by atoms with van der Waals surface area (Å²) in [5, 5.41) is 6.25. The standard InChI is InChI=1S/C19H23N3O3.ClH/c1-14-13-22(12-11-20-14)19(23)21-15-3-5-17(6-4-15)25-18-9-7-16(24-2)8-10-18;/h3-10,14,20H,11-13H2,1-2H3,(H,21,23);1H. The van der Waals surface area contributed by atoms with Crippen molar-refractivity contribution >= 4 is 24.1 Å². The number of urea groups is 1. The molecule has 3 rings (SSSR count). The summed E-state index contributed by atoms with van der Waals surface area (Å²) >= 11 is 0. The number of ether oxygens (including phenoxy) is 2. The number of nitrogens with zero attached hydrogens (tertiary/aromatic N) is 1. The van der Waals surface area contributed by atoms with E-state index in [9.17, 15) is 4.79 Å². The summed E-state index contributed by atoms with van der Waals surface area (Å²) in [5.74, 6) is 2.22. The molecule has 1 aliphatic rings. The van der Waals surface area contributed by atoms with Gasteiger partial charge in [-0.3, -0.25) is 0 Å². The minimum Gasteiger partial charge on any atom is -0.497 e. The number of carbonyl (C=O) groups is 1. The zero-order valence-electron chi connectivity index (χ0n) is 14.9. The summed E-state index contributed by atoms with van der Waals surface area (Å²) in [6.07, 6.45) is 0. The van der Waals surface area contributed by atoms with Crippen molar-refractivity contribution in [2.24, 2.45) is 0 Å². The van der Waals surface area contributed by atoms with Crippen LogP contribution in [0.15, 0.2) is 48.5 Å². The number of anilines is 1. The van der Waals surface area contributed by atoms with Gasteiger partial charge in [0.25, 0.3) is 0 Å². The predicted molar refractivity (Wildman–Crippen MR) is 105 cm³/mol. The third-order valence-electron chi connectivity index (χ3n) is 4.06. The van der Waals surface area contributed by atoms with Gasteiger partial charge >= 0.3 is 6.03 Å². The SMILES string of the molecule is COc1ccc(Oc2ccc(NC(=O)N3CCNC(C)C3)cc2)cc1.Cl. The van der Waals surface area contributed by atoms with Crippen LogP contribution in [0.2, 0.25) is 0 Å². The minimum atomic E-state index is -0.0721. The molecule has 140 valence electrons. The van der Waals surface area contributed by atoms with Crippen LogP contribution in [0.25, 0.3) is 0 Å². The van der Waals surface area contributed by atoms with Gasteiger partial charge in [0, 0.05) is 31.4 Å². The third-order valence-corrected chi connectivity index (χ3v) is 4.06. The van der Waals surface area contributed by atoms with Crippen molar-refractivity contribution in [2.75, 3.05) is 32.1 Å². The average molecular weight is 378 g/mol. The lowest BCUT2D eigenvalue weighted by Crippen LogP contribution is -2.52. The molecule has 2 aromatic carbocycles. The molecule has 0 radical (unpaired) electrons. The number of hydrogen-bond donors (Lipinski definition) is 2. The zero-order valence-corrected chi connectivity index (χ0v) is 15.7. The van der Waals surface area contributed by atoms with Gasteiger partial charge in [0.05, 0.1) is 7.11 Å². The summed E-state index contributed by atoms with van der Waals surface area (Å²) in [5.41, 5.74) is 0.748. The molecule has 1 heterocycles. The van der Waals surface area contributed by atoms with E-state index >= 15 is 0 Å². The normalized spacial score (nSPS) is 16.4. The number of nitrogens with one attached hydrogen (secondary N) is 2. The highest BCUT2D eigenvalue weighted by molar-refractivity contribution is 5.89. The van der Waals surface area contributed by atoms with Crippen molar-refractivity contribution in [3.8, 4) is 17.2 Å². The molecule has 0 aliphatic carbocycles. The van der Waals surface area contributed by atoms with E-state index in [0.717, 1.165) is 30.3 Å². The van der Waals surface area contributed by atoms with E-state index in [1.807, 2.05) is 53.4 Å². The first kappa shape index (κ1) is 19.9. The van der Waals surface area contributed by atoms with E-state index in [2.05, 4.69) is 17.6 Å². The first-order valence-electron chi connectivity index (χ1n) is 8.35. The first-order chi connectivity index (χ1) is 12.1. The molecular formula is C19H24ClN3O3. The van der Waals surface area contributed by atoms with Gasteiger partial charge in [0.1, 0.15) is 17.2 Å². The van der Waals surface area contributed by atoms with Crippen molar-refractivity contribution in [2.45, 2.75) is 13.0 Å². The highest BCUT2D eigenvalue weighted by Crippen LogP contribution is 2.25. The van der Waals surface area contributed by atoms with E-state index in [4.69, 9.17) is 9.47 Å². The van der Waals surface area contributed by atoms with Crippen LogP contribution in [0.4, 0.5) is 10.5 Å². The van der Waals surface area contributed by atoms with Crippen LogP contribution >= 0.6 is 12.4 Å². The Morgan fingerprint density at radius 3 is 2.23 bits per heavy atom. The summed E-state index contributed by atoms with van der Waals surface area (Å²) in [4.78, 5) is 14.1. The van der Waals surface area contributed by atoms with E-state index in [1.165, 1.54) is 0 Å². The van der Waals surface area contributed by atoms with Crippen molar-refractivity contribution < 1.29 is 14.3 Å². The summed E-state index contributed by atoms with van der Waals surface area (Å²) < 4.78 is 10.9. The fourth-order valence-corrected chi connectivity index (χ4v) is 2.71. The van der Waals surface area contributed by atoms with Gasteiger partial charge in [-0.2, -0.15) is 0 Å². The number of carbonyl (C=O) groups excluding carboxylic acids is 1. The minimum absolute atomic E-state index is 0. The highest BCUT2D eigenvalue weighted by atomic mass is 35.5. The molecule has 1 aliphatic heterocycles. The number of methoxy groups -OCH3 is 1. The average Bonchev–Trinajstić information content (AvgIpc) is 2.64. The van der Waals surface area contributed by atoms with Crippen LogP contribution in [0.5, 0.6) is 17.2 Å². The van der Waals surface area contributed by atoms with Crippen molar-refractivity contribution in [1.82, 2.24) is 10.2 Å². The Hall–Kier alpha value is -2.44. The van der Waals surface area contributed by atoms with Crippen LogP contribution in [-0.4, -0.2) is 43.7 Å². The second-order valence-corrected chi connectivity index (χ2v) is 6.03. The number of amides is 2. The van der Waals surface area contributed by atoms with Crippen LogP contribution in [0, 0.1) is 0 Å². The second kappa shape index (κ2) is 9.31. The van der Waals surface area contributed by atoms with Crippen molar-refractivity contribution in [3.63, 3.8) is 0 Å². The predicted octanol–water partition coefficient (Wildman–Crippen LogP) is 3.73. The smallest absolute Gasteiger partial charge is 0.321 e. The van der Waals surface area contributed by atoms with Crippen LogP contribution < -0.4 is 20.1 Å². The van der Waals surface area contributed by atoms with Gasteiger partial charge < -0.3 is 25.0 Å². The van der Waals surface area contributed by atoms with Gasteiger partial charge in [0.15, 0.2) is 0 Å². The first-order valence-corrected chi connectivity index (χ1v) is 8.35. The van der Waals surface area contributed by atoms with E-state index in [-0.39, 0.29) is 18.4 Å². The Balaban J connectivity index is 0.00000243. The quantitative estimate of drug-likeness (QED) is 0.852. The monoisotopic (exact) mass is 377 g/mol. The number of hydrogen-bond acceptors (Lipinski definition) is 4. The molecule has 2 aromatic rings. The Bertz CT molecular complexity index is 707. The Morgan fingerprint density at radius 1 is 1.08 bits per heavy atom. The molecule has 1 saturated heterocycles. The fourth-order valence-electron chi connectivity index (χ4n) is 2.71. The molecule has 2 amide bonds. The highest BCUT2D eigenvalue weighted by Gasteiger charge is 2.20. The number of halogens is 1. The van der Waals surface area contributed by atoms with E-state index in [1.54, 1.807) is 7.11 Å². The Kier molecular flexibility index (Phi) is 7.12. The van der Waals surface area contributed by atoms with Gasteiger partial charge in [0.2, 0.25) is 0 Å². The Morgan fingerprint density at radius 2 is 1.65 bits per heavy atom. The fraction of sp³-hybridized carbons (Fsp3) is 0.316. The molecule has 2 N–H and O–H groups in total. The maximum absolute atomic E-state index is 12.3. The molecule has 26 heavy (non-hydrogen) atoms. The summed E-state index contributed by atoms with van der Waals surface area (Å²) in [6, 6.07) is 15.0. The van der Waals surface area contributed by atoms with Gasteiger partial charge in [-0.05, 0) is 55.5 Å². The molecular weight excluding hydrogens is 354 g/mol. The molecule has 0 aromatic heterocycles. The van der Waals surface area contributed by atoms with Crippen molar-refractivity contribution in [1.29, 1.82) is 0 Å². The van der Waals surface area contributed by atoms with E-state index in [0.29, 0.717) is 18.3 Å². The van der Waals surface area contributed by atoms with Gasteiger partial charge in [-0.15, -0.1) is 12.4 Å². The topological polar surface area (TPSA) is 62.8 Å². The van der Waals surface area contributed by atoms with Crippen molar-refractivity contribution in [3.05, 3.63) is 48.5 Å². The largest absolute Gasteiger partial charge is 0.497 e. The number of rotatable bonds is 4. The third kappa shape index (κ3) is 5.28. The van der Waals surface area contributed by atoms with Crippen LogP contribution in [0.1, 0.15) is 6.92 Å². The second-order valence-electron chi connectivity index (χ2n) is 6.03. The lowest BCUT2D eigenvalue weighted by atomic mass is 10.2. The molecule has 0 bridgehead atoms. The lowest BCUT2D eigenvalue weighted by molar-refractivity contribution is 0.192. The zero-order chi connectivity index (χ0) is 17.6. The molecule has 0 saturated carbocycles. The van der Waals surface area contributed by atoms with Crippen LogP contribution in [-0.2, 0) is 0 Å². The van der Waals surface area contributed by atoms with Gasteiger partial charge in [-0.1, -0.05) is 0 Å². The number of piperazine rings is 1. The molecule has 1 fully saturated rings. The molecule has 1 atom stereocenters. The summed E-state index contributed by atoms with van der Waals surface area (Å²) in [6.45, 7) is 4.33. The van der Waals surface area contributed by atoms with E-state index < -0.39 is 0 Å². The Labute approximate surface area is 159 Å². The molecule has 1 unspecified atom stereocenters. The van der Waals surface area contributed by atoms with Gasteiger partial charge in [-0.25, -0.2) is 4.79 Å². The molecule has 6 nitrogen and oxygen atoms in total. The molecule has 0 spiro atoms. The number of benzene rings is 2. The maximum Gasteiger partial charge on any atom is 0.321 e. The lowest BCUT2D eigenvalue weighted by Gasteiger charge is -2.31.